The van der Waals surface area contributed by atoms with Gasteiger partial charge in [0.05, 0.1) is 23.8 Å². The Morgan fingerprint density at radius 1 is 1.05 bits per heavy atom. The minimum Gasteiger partial charge on any atom is -0.463 e. The van der Waals surface area contributed by atoms with Crippen LogP contribution in [0, 0.1) is 0 Å². The summed E-state index contributed by atoms with van der Waals surface area (Å²) in [5, 5.41) is 2.55. The minimum atomic E-state index is -4.70. The summed E-state index contributed by atoms with van der Waals surface area (Å²) in [4.78, 5) is 44.1. The topological polar surface area (TPSA) is 101 Å². The number of rotatable bonds is 6. The quantitative estimate of drug-likeness (QED) is 0.528. The molecule has 1 fully saturated rings. The van der Waals surface area contributed by atoms with E-state index in [0.717, 1.165) is 6.07 Å². The molecule has 218 valence electrons. The van der Waals surface area contributed by atoms with Crippen LogP contribution in [0.2, 0.25) is 0 Å². The van der Waals surface area contributed by atoms with Crippen LogP contribution in [0.25, 0.3) is 0 Å². The number of nitrogens with one attached hydrogen (secondary N) is 1. The number of ether oxygens (including phenoxy) is 3. The summed E-state index contributed by atoms with van der Waals surface area (Å²) in [6, 6.07) is 7.83. The Morgan fingerprint density at radius 3 is 2.46 bits per heavy atom. The van der Waals surface area contributed by atoms with E-state index in [1.54, 1.807) is 30.0 Å². The number of fused-ring (bicyclic) bond motifs is 1. The molecule has 1 N–H and O–H groups in total. The smallest absolute Gasteiger partial charge is 0.416 e. The predicted molar refractivity (Wildman–Crippen MR) is 139 cm³/mol. The highest BCUT2D eigenvalue weighted by molar-refractivity contribution is 5.96. The number of esters is 1. The third-order valence-electron chi connectivity index (χ3n) is 7.30. The molecule has 1 unspecified atom stereocenters. The van der Waals surface area contributed by atoms with Gasteiger partial charge in [-0.25, -0.2) is 9.59 Å². The number of hydrogen-bond acceptors (Lipinski definition) is 7. The molecule has 3 heterocycles. The normalized spacial score (nSPS) is 19.3. The first-order chi connectivity index (χ1) is 19.6. The molecule has 0 radical (unpaired) electrons. The lowest BCUT2D eigenvalue weighted by Crippen LogP contribution is -2.53. The number of benzene rings is 2. The molecular weight excluding hydrogens is 545 g/mol. The number of likely N-dealkylation sites (N-methyl/N-ethyl adjacent to an activating group) is 1. The number of carbonyl (C=O) groups is 3. The molecule has 10 nitrogen and oxygen atoms in total. The van der Waals surface area contributed by atoms with Crippen molar-refractivity contribution in [2.24, 2.45) is 0 Å². The number of halogens is 3. The molecule has 3 amide bonds. The van der Waals surface area contributed by atoms with Gasteiger partial charge in [0.15, 0.2) is 11.5 Å². The number of hydrogen-bond donors (Lipinski definition) is 1. The van der Waals surface area contributed by atoms with E-state index in [1.807, 2.05) is 4.90 Å². The van der Waals surface area contributed by atoms with E-state index in [1.165, 1.54) is 30.1 Å². The first-order valence-corrected chi connectivity index (χ1v) is 13.1. The van der Waals surface area contributed by atoms with E-state index in [9.17, 15) is 27.6 Å². The standard InChI is InChI=1S/C28H29F3N4O6/c1-3-39-26(37)23-20(33(2)27(38)32-24(23)18-6-4-5-7-19(18)28(29,30)31)15-34-10-12-35(13-11-34)25(36)17-8-9-21-22(14-17)41-16-40-21/h4-9,14,24H,3,10-13,15-16H2,1-2H3,(H,32,38). The van der Waals surface area contributed by atoms with Crippen LogP contribution >= 0.6 is 0 Å². The summed E-state index contributed by atoms with van der Waals surface area (Å²) in [5.74, 6) is 0.0994. The average molecular weight is 575 g/mol. The lowest BCUT2D eigenvalue weighted by molar-refractivity contribution is -0.141. The van der Waals surface area contributed by atoms with Gasteiger partial charge in [0.1, 0.15) is 0 Å². The number of piperazine rings is 1. The second kappa shape index (κ2) is 11.3. The molecular formula is C28H29F3N4O6. The van der Waals surface area contributed by atoms with Crippen molar-refractivity contribution in [3.8, 4) is 11.5 Å². The molecule has 2 aromatic carbocycles. The maximum atomic E-state index is 13.9. The fourth-order valence-corrected chi connectivity index (χ4v) is 5.17. The van der Waals surface area contributed by atoms with Gasteiger partial charge in [-0.3, -0.25) is 14.6 Å². The zero-order valence-corrected chi connectivity index (χ0v) is 22.5. The zero-order valence-electron chi connectivity index (χ0n) is 22.5. The van der Waals surface area contributed by atoms with Crippen molar-refractivity contribution in [2.75, 3.05) is 53.2 Å². The molecule has 3 aliphatic heterocycles. The van der Waals surface area contributed by atoms with Gasteiger partial charge in [0, 0.05) is 51.0 Å². The molecule has 0 spiro atoms. The van der Waals surface area contributed by atoms with Crippen molar-refractivity contribution in [2.45, 2.75) is 19.1 Å². The third kappa shape index (κ3) is 5.67. The lowest BCUT2D eigenvalue weighted by Gasteiger charge is -2.39. The predicted octanol–water partition coefficient (Wildman–Crippen LogP) is 3.41. The molecule has 0 aromatic heterocycles. The SMILES string of the molecule is CCOC(=O)C1=C(CN2CCN(C(=O)c3ccc4c(c3)OCO4)CC2)N(C)C(=O)NC1c1ccccc1C(F)(F)F. The van der Waals surface area contributed by atoms with Gasteiger partial charge >= 0.3 is 18.2 Å². The average Bonchev–Trinajstić information content (AvgIpc) is 3.43. The van der Waals surface area contributed by atoms with Gasteiger partial charge in [0.25, 0.3) is 5.91 Å². The Labute approximate surface area is 234 Å². The fourth-order valence-electron chi connectivity index (χ4n) is 5.17. The van der Waals surface area contributed by atoms with Crippen LogP contribution in [0.4, 0.5) is 18.0 Å². The van der Waals surface area contributed by atoms with Crippen molar-refractivity contribution in [1.82, 2.24) is 20.0 Å². The first-order valence-electron chi connectivity index (χ1n) is 13.1. The van der Waals surface area contributed by atoms with E-state index < -0.39 is 29.8 Å². The Morgan fingerprint density at radius 2 is 1.76 bits per heavy atom. The number of alkyl halides is 3. The van der Waals surface area contributed by atoms with Crippen LogP contribution in [0.3, 0.4) is 0 Å². The number of carbonyl (C=O) groups excluding carboxylic acids is 3. The van der Waals surface area contributed by atoms with Crippen LogP contribution in [-0.2, 0) is 15.7 Å². The van der Waals surface area contributed by atoms with Crippen LogP contribution in [0.15, 0.2) is 53.7 Å². The van der Waals surface area contributed by atoms with Gasteiger partial charge in [-0.05, 0) is 36.8 Å². The van der Waals surface area contributed by atoms with Gasteiger partial charge < -0.3 is 24.4 Å². The Hall–Kier alpha value is -4.26. The van der Waals surface area contributed by atoms with Gasteiger partial charge in [-0.2, -0.15) is 13.2 Å². The zero-order chi connectivity index (χ0) is 29.3. The fraction of sp³-hybridized carbons (Fsp3) is 0.393. The molecule has 5 rings (SSSR count). The summed E-state index contributed by atoms with van der Waals surface area (Å²) < 4.78 is 57.6. The summed E-state index contributed by atoms with van der Waals surface area (Å²) in [6.45, 7) is 3.35. The first kappa shape index (κ1) is 28.3. The number of amides is 3. The molecule has 41 heavy (non-hydrogen) atoms. The van der Waals surface area contributed by atoms with Crippen molar-refractivity contribution in [3.05, 3.63) is 70.4 Å². The van der Waals surface area contributed by atoms with Gasteiger partial charge in [-0.15, -0.1) is 0 Å². The molecule has 13 heteroatoms. The summed E-state index contributed by atoms with van der Waals surface area (Å²) in [5.41, 5.74) is -0.563. The van der Waals surface area contributed by atoms with E-state index in [0.29, 0.717) is 43.2 Å². The van der Waals surface area contributed by atoms with Crippen LogP contribution in [-0.4, -0.2) is 85.8 Å². The molecule has 1 saturated heterocycles. The van der Waals surface area contributed by atoms with Crippen LogP contribution < -0.4 is 14.8 Å². The summed E-state index contributed by atoms with van der Waals surface area (Å²) in [7, 11) is 1.45. The van der Waals surface area contributed by atoms with E-state index in [-0.39, 0.29) is 42.7 Å². The van der Waals surface area contributed by atoms with E-state index in [4.69, 9.17) is 14.2 Å². The molecule has 1 atom stereocenters. The number of urea groups is 1. The second-order valence-electron chi connectivity index (χ2n) is 9.74. The van der Waals surface area contributed by atoms with Crippen molar-refractivity contribution in [1.29, 1.82) is 0 Å². The maximum absolute atomic E-state index is 13.9. The lowest BCUT2D eigenvalue weighted by atomic mass is 9.90. The molecule has 0 bridgehead atoms. The van der Waals surface area contributed by atoms with Crippen molar-refractivity contribution < 1.29 is 41.8 Å². The molecule has 0 aliphatic carbocycles. The Kier molecular flexibility index (Phi) is 7.80. The highest BCUT2D eigenvalue weighted by Gasteiger charge is 2.42. The van der Waals surface area contributed by atoms with E-state index >= 15 is 0 Å². The Bertz CT molecular complexity index is 1390. The molecule has 0 saturated carbocycles. The highest BCUT2D eigenvalue weighted by Crippen LogP contribution is 2.39. The minimum absolute atomic E-state index is 0.00154. The third-order valence-corrected chi connectivity index (χ3v) is 7.30. The van der Waals surface area contributed by atoms with Crippen molar-refractivity contribution in [3.63, 3.8) is 0 Å². The van der Waals surface area contributed by atoms with Crippen molar-refractivity contribution >= 4 is 17.9 Å². The van der Waals surface area contributed by atoms with E-state index in [2.05, 4.69) is 5.32 Å². The monoisotopic (exact) mass is 574 g/mol. The summed E-state index contributed by atoms with van der Waals surface area (Å²) >= 11 is 0. The van der Waals surface area contributed by atoms with Gasteiger partial charge in [-0.1, -0.05) is 18.2 Å². The second-order valence-corrected chi connectivity index (χ2v) is 9.74. The number of nitrogens with zero attached hydrogens (tertiary/aromatic N) is 3. The molecule has 2 aromatic rings. The molecule has 3 aliphatic rings. The Balaban J connectivity index is 1.39. The van der Waals surface area contributed by atoms with Crippen LogP contribution in [0.5, 0.6) is 11.5 Å². The highest BCUT2D eigenvalue weighted by atomic mass is 19.4. The maximum Gasteiger partial charge on any atom is 0.416 e. The largest absolute Gasteiger partial charge is 0.463 e. The van der Waals surface area contributed by atoms with Crippen LogP contribution in [0.1, 0.15) is 34.5 Å². The van der Waals surface area contributed by atoms with Gasteiger partial charge in [0.2, 0.25) is 6.79 Å². The summed E-state index contributed by atoms with van der Waals surface area (Å²) in [6.07, 6.45) is -4.70.